The average Bonchev–Trinajstić information content (AvgIpc) is 1.87. The summed E-state index contributed by atoms with van der Waals surface area (Å²) < 4.78 is 0. The van der Waals surface area contributed by atoms with Gasteiger partial charge in [-0.2, -0.15) is 0 Å². The minimum absolute atomic E-state index is 0.356. The summed E-state index contributed by atoms with van der Waals surface area (Å²) >= 11 is 0. The number of aromatic amines is 1. The summed E-state index contributed by atoms with van der Waals surface area (Å²) in [6.07, 6.45) is 0. The van der Waals surface area contributed by atoms with E-state index in [-0.39, 0.29) is 0 Å². The van der Waals surface area contributed by atoms with Crippen molar-refractivity contribution in [1.82, 2.24) is 4.98 Å². The Kier molecular flexibility index (Phi) is 1.07. The van der Waals surface area contributed by atoms with Gasteiger partial charge in [0.2, 0.25) is 0 Å². The summed E-state index contributed by atoms with van der Waals surface area (Å²) in [4.78, 5) is 3.22. The zero-order chi connectivity index (χ0) is 5.28. The predicted octanol–water partition coefficient (Wildman–Crippen LogP) is 0.0966. The molecule has 3 nitrogen and oxygen atoms in total. The maximum absolute atomic E-state index is 6.87. The van der Waals surface area contributed by atoms with Crippen LogP contribution in [0.1, 0.15) is 0 Å². The topological polar surface area (TPSA) is 63.5 Å². The Morgan fingerprint density at radius 3 is 1.71 bits per heavy atom. The molecule has 1 aromatic rings. The zero-order valence-electron chi connectivity index (χ0n) is 3.32. The molecule has 0 aliphatic heterocycles. The molecule has 1 aromatic heterocycles. The number of rotatable bonds is 0. The third-order valence-corrected chi connectivity index (χ3v) is 2.31. The highest BCUT2D eigenvalue weighted by molar-refractivity contribution is 7.67. The maximum atomic E-state index is 6.87. The SMILES string of the molecule is N=c1[nH]c(=N)ss1. The number of nitrogens with one attached hydrogen (secondary N) is 3. The second-order valence-corrected chi connectivity index (χ2v) is 3.10. The zero-order valence-corrected chi connectivity index (χ0v) is 4.95. The van der Waals surface area contributed by atoms with Crippen molar-refractivity contribution in [2.24, 2.45) is 0 Å². The van der Waals surface area contributed by atoms with E-state index in [1.54, 1.807) is 0 Å². The van der Waals surface area contributed by atoms with Crippen LogP contribution in [-0.2, 0) is 0 Å². The van der Waals surface area contributed by atoms with Gasteiger partial charge in [-0.05, 0) is 20.7 Å². The quantitative estimate of drug-likeness (QED) is 0.420. The molecule has 0 atom stereocenters. The third-order valence-electron chi connectivity index (χ3n) is 0.435. The van der Waals surface area contributed by atoms with E-state index < -0.39 is 0 Å². The molecule has 1 rings (SSSR count). The standard InChI is InChI=1S/C2H3N3S2/c3-1-5-2(4)7-6-1/h(H3,3,4,5). The van der Waals surface area contributed by atoms with E-state index in [9.17, 15) is 0 Å². The molecule has 0 bridgehead atoms. The third kappa shape index (κ3) is 0.971. The van der Waals surface area contributed by atoms with Gasteiger partial charge in [-0.25, -0.2) is 0 Å². The molecule has 1 heterocycles. The second kappa shape index (κ2) is 1.59. The van der Waals surface area contributed by atoms with Crippen LogP contribution in [0.4, 0.5) is 0 Å². The van der Waals surface area contributed by atoms with E-state index >= 15 is 0 Å². The molecule has 0 fully saturated rings. The van der Waals surface area contributed by atoms with Crippen molar-refractivity contribution in [1.29, 1.82) is 10.8 Å². The molecule has 0 spiro atoms. The Morgan fingerprint density at radius 1 is 1.14 bits per heavy atom. The fourth-order valence-corrected chi connectivity index (χ4v) is 1.50. The number of hydrogen-bond acceptors (Lipinski definition) is 4. The van der Waals surface area contributed by atoms with Gasteiger partial charge in [0, 0.05) is 0 Å². The summed E-state index contributed by atoms with van der Waals surface area (Å²) in [5.74, 6) is 0. The van der Waals surface area contributed by atoms with Gasteiger partial charge in [-0.3, -0.25) is 10.8 Å². The molecule has 0 radical (unpaired) electrons. The molecule has 0 aliphatic carbocycles. The van der Waals surface area contributed by atoms with Gasteiger partial charge in [-0.15, -0.1) is 0 Å². The van der Waals surface area contributed by atoms with Gasteiger partial charge in [-0.1, -0.05) is 0 Å². The fraction of sp³-hybridized carbons (Fsp3) is 0. The van der Waals surface area contributed by atoms with Crippen LogP contribution in [0, 0.1) is 10.8 Å². The lowest BCUT2D eigenvalue weighted by Crippen LogP contribution is -2.03. The first-order valence-electron chi connectivity index (χ1n) is 1.57. The monoisotopic (exact) mass is 133 g/mol. The molecule has 0 unspecified atom stereocenters. The summed E-state index contributed by atoms with van der Waals surface area (Å²) in [5, 5.41) is 13.7. The van der Waals surface area contributed by atoms with E-state index in [2.05, 4.69) is 4.98 Å². The van der Waals surface area contributed by atoms with Crippen LogP contribution in [0.2, 0.25) is 0 Å². The van der Waals surface area contributed by atoms with Crippen LogP contribution in [-0.4, -0.2) is 4.98 Å². The van der Waals surface area contributed by atoms with Gasteiger partial charge < -0.3 is 4.98 Å². The minimum Gasteiger partial charge on any atom is -0.307 e. The first kappa shape index (κ1) is 4.73. The number of aromatic nitrogens is 1. The summed E-state index contributed by atoms with van der Waals surface area (Å²) in [6.45, 7) is 0. The van der Waals surface area contributed by atoms with Crippen LogP contribution < -0.4 is 9.60 Å². The molecule has 5 heteroatoms. The summed E-state index contributed by atoms with van der Waals surface area (Å²) in [7, 11) is 2.54. The van der Waals surface area contributed by atoms with E-state index in [4.69, 9.17) is 10.8 Å². The van der Waals surface area contributed by atoms with Crippen LogP contribution >= 0.6 is 20.7 Å². The molecule has 3 N–H and O–H groups in total. The lowest BCUT2D eigenvalue weighted by atomic mass is 11.3. The van der Waals surface area contributed by atoms with Gasteiger partial charge in [0.05, 0.1) is 0 Å². The number of H-pyrrole nitrogens is 1. The normalized spacial score (nSPS) is 9.14. The van der Waals surface area contributed by atoms with Crippen molar-refractivity contribution in [2.45, 2.75) is 0 Å². The molecule has 0 saturated heterocycles. The van der Waals surface area contributed by atoms with Crippen molar-refractivity contribution >= 4 is 20.7 Å². The molecule has 0 amide bonds. The van der Waals surface area contributed by atoms with Gasteiger partial charge in [0.25, 0.3) is 0 Å². The van der Waals surface area contributed by atoms with E-state index in [1.165, 1.54) is 20.7 Å². The van der Waals surface area contributed by atoms with Crippen LogP contribution in [0.5, 0.6) is 0 Å². The van der Waals surface area contributed by atoms with Gasteiger partial charge >= 0.3 is 0 Å². The maximum Gasteiger partial charge on any atom is 0.191 e. The number of hydrogen-bond donors (Lipinski definition) is 3. The van der Waals surface area contributed by atoms with Crippen LogP contribution in [0.25, 0.3) is 0 Å². The molecule has 0 aromatic carbocycles. The first-order valence-corrected chi connectivity index (χ1v) is 3.72. The largest absolute Gasteiger partial charge is 0.307 e. The van der Waals surface area contributed by atoms with E-state index in [0.717, 1.165) is 0 Å². The van der Waals surface area contributed by atoms with Crippen molar-refractivity contribution in [3.05, 3.63) is 9.60 Å². The molecular weight excluding hydrogens is 130 g/mol. The second-order valence-electron chi connectivity index (χ2n) is 0.950. The first-order chi connectivity index (χ1) is 3.29. The molecule has 38 valence electrons. The molecule has 7 heavy (non-hydrogen) atoms. The Balaban J connectivity index is 3.59. The Bertz CT molecular complexity index is 215. The Labute approximate surface area is 46.7 Å². The van der Waals surface area contributed by atoms with Crippen molar-refractivity contribution in [3.8, 4) is 0 Å². The van der Waals surface area contributed by atoms with Crippen molar-refractivity contribution < 1.29 is 0 Å². The Morgan fingerprint density at radius 2 is 1.57 bits per heavy atom. The van der Waals surface area contributed by atoms with Crippen LogP contribution in [0.3, 0.4) is 0 Å². The molecule has 0 aliphatic rings. The lowest BCUT2D eigenvalue weighted by Gasteiger charge is -1.55. The smallest absolute Gasteiger partial charge is 0.191 e. The highest BCUT2D eigenvalue weighted by Crippen LogP contribution is 1.83. The van der Waals surface area contributed by atoms with Crippen molar-refractivity contribution in [2.75, 3.05) is 0 Å². The predicted molar refractivity (Wildman–Crippen MR) is 28.3 cm³/mol. The average molecular weight is 133 g/mol. The summed E-state index contributed by atoms with van der Waals surface area (Å²) in [5.41, 5.74) is 0. The highest BCUT2D eigenvalue weighted by atomic mass is 32.9. The van der Waals surface area contributed by atoms with Gasteiger partial charge in [0.1, 0.15) is 0 Å². The van der Waals surface area contributed by atoms with E-state index in [0.29, 0.717) is 9.60 Å². The highest BCUT2D eigenvalue weighted by Gasteiger charge is 1.76. The summed E-state index contributed by atoms with van der Waals surface area (Å²) in [6, 6.07) is 0. The van der Waals surface area contributed by atoms with Crippen molar-refractivity contribution in [3.63, 3.8) is 0 Å². The van der Waals surface area contributed by atoms with Crippen LogP contribution in [0.15, 0.2) is 0 Å². The fourth-order valence-electron chi connectivity index (χ4n) is 0.228. The van der Waals surface area contributed by atoms with E-state index in [1.807, 2.05) is 0 Å². The Hall–Kier alpha value is -0.420. The minimum atomic E-state index is 0.356. The molecular formula is C2H3N3S2. The lowest BCUT2D eigenvalue weighted by molar-refractivity contribution is 1.09. The molecule has 0 saturated carbocycles. The van der Waals surface area contributed by atoms with Gasteiger partial charge in [0.15, 0.2) is 9.60 Å².